The number of amides is 1. The highest BCUT2D eigenvalue weighted by Crippen LogP contribution is 2.32. The third kappa shape index (κ3) is 14.6. The van der Waals surface area contributed by atoms with Crippen molar-refractivity contribution in [2.24, 2.45) is 0 Å². The number of unbranched alkanes of at least 4 members (excludes halogenated alkanes) is 2. The molecule has 0 bridgehead atoms. The number of carboxylic acid groups (broad SMARTS) is 1. The van der Waals surface area contributed by atoms with Gasteiger partial charge in [-0.15, -0.1) is 0 Å². The minimum absolute atomic E-state index is 0.221. The van der Waals surface area contributed by atoms with Crippen LogP contribution >= 0.6 is 0 Å². The van der Waals surface area contributed by atoms with Gasteiger partial charge in [0.2, 0.25) is 0 Å². The van der Waals surface area contributed by atoms with Crippen LogP contribution in [-0.4, -0.2) is 73.7 Å². The molecule has 1 unspecified atom stereocenters. The summed E-state index contributed by atoms with van der Waals surface area (Å²) >= 11 is 0. The summed E-state index contributed by atoms with van der Waals surface area (Å²) in [6, 6.07) is 57.5. The molecule has 0 aliphatic carbocycles. The topological polar surface area (TPSA) is 105 Å². The van der Waals surface area contributed by atoms with Crippen molar-refractivity contribution in [3.63, 3.8) is 0 Å². The maximum atomic E-state index is 12.8. The lowest BCUT2D eigenvalue weighted by Crippen LogP contribution is -2.61. The van der Waals surface area contributed by atoms with Crippen molar-refractivity contribution in [3.05, 3.63) is 209 Å². The Morgan fingerprint density at radius 1 is 0.554 bits per heavy atom. The molecular weight excluding hydrogens is 819 g/mol. The fourth-order valence-corrected chi connectivity index (χ4v) is 8.09. The van der Waals surface area contributed by atoms with Crippen molar-refractivity contribution in [1.82, 2.24) is 4.90 Å². The van der Waals surface area contributed by atoms with Crippen molar-refractivity contribution in [2.45, 2.75) is 88.9 Å². The quantitative estimate of drug-likeness (QED) is 0.0563. The molecule has 340 valence electrons. The van der Waals surface area contributed by atoms with E-state index in [2.05, 4.69) is 0 Å². The Bertz CT molecular complexity index is 2220. The molecule has 0 radical (unpaired) electrons. The Labute approximate surface area is 383 Å². The van der Waals surface area contributed by atoms with Crippen molar-refractivity contribution >= 4 is 6.09 Å². The van der Waals surface area contributed by atoms with E-state index in [-0.39, 0.29) is 19.3 Å². The SMILES string of the molecule is COc1ccc(CO[C@H]2[C@@H](OCc3ccccc3)[C@@H](COCc3ccccc3)O[C@@H](OCCCCCN(C(=O)O)C(Cc3ccccc3)c3ccccc3)[C@@H]2OCc2ccccc2)cc1. The first-order valence-corrected chi connectivity index (χ1v) is 22.6. The second kappa shape index (κ2) is 25.6. The molecule has 1 fully saturated rings. The number of carbonyl (C=O) groups is 1. The molecule has 65 heavy (non-hydrogen) atoms. The highest BCUT2D eigenvalue weighted by atomic mass is 16.7. The van der Waals surface area contributed by atoms with Crippen LogP contribution in [0.1, 0.15) is 58.7 Å². The van der Waals surface area contributed by atoms with Crippen LogP contribution in [0.2, 0.25) is 0 Å². The number of benzene rings is 6. The molecular formula is C55H61NO9. The van der Waals surface area contributed by atoms with Gasteiger partial charge in [0.25, 0.3) is 0 Å². The highest BCUT2D eigenvalue weighted by Gasteiger charge is 2.49. The van der Waals surface area contributed by atoms with Gasteiger partial charge in [0.05, 0.1) is 46.2 Å². The molecule has 1 saturated heterocycles. The fraction of sp³-hybridized carbons (Fsp3) is 0.327. The van der Waals surface area contributed by atoms with Crippen LogP contribution in [0.25, 0.3) is 0 Å². The van der Waals surface area contributed by atoms with Crippen LogP contribution in [0.15, 0.2) is 176 Å². The third-order valence-corrected chi connectivity index (χ3v) is 11.6. The van der Waals surface area contributed by atoms with Crippen LogP contribution in [-0.2, 0) is 61.3 Å². The van der Waals surface area contributed by atoms with Crippen LogP contribution < -0.4 is 4.74 Å². The summed E-state index contributed by atoms with van der Waals surface area (Å²) < 4.78 is 45.8. The monoisotopic (exact) mass is 879 g/mol. The van der Waals surface area contributed by atoms with Crippen LogP contribution in [0, 0.1) is 0 Å². The molecule has 6 aromatic carbocycles. The highest BCUT2D eigenvalue weighted by molar-refractivity contribution is 5.66. The molecule has 0 aromatic heterocycles. The summed E-state index contributed by atoms with van der Waals surface area (Å²) in [4.78, 5) is 14.4. The van der Waals surface area contributed by atoms with E-state index in [0.29, 0.717) is 52.2 Å². The van der Waals surface area contributed by atoms with Gasteiger partial charge < -0.3 is 43.2 Å². The first-order chi connectivity index (χ1) is 32.0. The Morgan fingerprint density at radius 3 is 1.60 bits per heavy atom. The summed E-state index contributed by atoms with van der Waals surface area (Å²) in [5.41, 5.74) is 6.08. The molecule has 1 aliphatic heterocycles. The van der Waals surface area contributed by atoms with E-state index in [1.807, 2.05) is 176 Å². The Hall–Kier alpha value is -5.85. The average molecular weight is 880 g/mol. The van der Waals surface area contributed by atoms with Gasteiger partial charge in [-0.25, -0.2) is 4.79 Å². The molecule has 10 heteroatoms. The van der Waals surface area contributed by atoms with E-state index in [0.717, 1.165) is 45.6 Å². The van der Waals surface area contributed by atoms with E-state index >= 15 is 0 Å². The predicted octanol–water partition coefficient (Wildman–Crippen LogP) is 10.8. The molecule has 1 N–H and O–H groups in total. The van der Waals surface area contributed by atoms with Gasteiger partial charge in [-0.1, -0.05) is 164 Å². The van der Waals surface area contributed by atoms with Gasteiger partial charge in [-0.3, -0.25) is 0 Å². The van der Waals surface area contributed by atoms with Crippen LogP contribution in [0.3, 0.4) is 0 Å². The number of hydrogen-bond acceptors (Lipinski definition) is 8. The lowest BCUT2D eigenvalue weighted by molar-refractivity contribution is -0.328. The molecule has 1 aliphatic rings. The summed E-state index contributed by atoms with van der Waals surface area (Å²) in [6.07, 6.45) is -1.60. The number of ether oxygens (including phenoxy) is 7. The van der Waals surface area contributed by atoms with E-state index in [4.69, 9.17) is 33.2 Å². The molecule has 6 aromatic rings. The number of nitrogens with zero attached hydrogens (tertiary/aromatic N) is 1. The van der Waals surface area contributed by atoms with Gasteiger partial charge in [-0.05, 0) is 71.2 Å². The zero-order valence-electron chi connectivity index (χ0n) is 37.1. The van der Waals surface area contributed by atoms with E-state index in [9.17, 15) is 9.90 Å². The van der Waals surface area contributed by atoms with Crippen molar-refractivity contribution in [2.75, 3.05) is 26.9 Å². The maximum absolute atomic E-state index is 12.8. The molecule has 10 nitrogen and oxygen atoms in total. The zero-order chi connectivity index (χ0) is 44.9. The van der Waals surface area contributed by atoms with Crippen molar-refractivity contribution in [1.29, 1.82) is 0 Å². The summed E-state index contributed by atoms with van der Waals surface area (Å²) in [6.45, 7) is 2.26. The first kappa shape index (κ1) is 47.1. The lowest BCUT2D eigenvalue weighted by atomic mass is 9.97. The molecule has 7 rings (SSSR count). The maximum Gasteiger partial charge on any atom is 0.407 e. The van der Waals surface area contributed by atoms with E-state index in [1.165, 1.54) is 0 Å². The van der Waals surface area contributed by atoms with Crippen LogP contribution in [0.5, 0.6) is 5.75 Å². The molecule has 6 atom stereocenters. The second-order valence-electron chi connectivity index (χ2n) is 16.2. The summed E-state index contributed by atoms with van der Waals surface area (Å²) in [5, 5.41) is 10.5. The van der Waals surface area contributed by atoms with Crippen molar-refractivity contribution < 1.29 is 43.1 Å². The number of hydrogen-bond donors (Lipinski definition) is 1. The van der Waals surface area contributed by atoms with Gasteiger partial charge in [0.1, 0.15) is 30.2 Å². The van der Waals surface area contributed by atoms with Gasteiger partial charge >= 0.3 is 6.09 Å². The van der Waals surface area contributed by atoms with Crippen molar-refractivity contribution in [3.8, 4) is 5.75 Å². The van der Waals surface area contributed by atoms with Gasteiger partial charge in [-0.2, -0.15) is 0 Å². The normalized spacial score (nSPS) is 18.8. The van der Waals surface area contributed by atoms with E-state index < -0.39 is 36.8 Å². The molecule has 0 saturated carbocycles. The minimum Gasteiger partial charge on any atom is -0.497 e. The number of rotatable bonds is 25. The Kier molecular flexibility index (Phi) is 18.6. The fourth-order valence-electron chi connectivity index (χ4n) is 8.09. The molecule has 0 spiro atoms. The lowest BCUT2D eigenvalue weighted by Gasteiger charge is -2.46. The smallest absolute Gasteiger partial charge is 0.407 e. The summed E-state index contributed by atoms with van der Waals surface area (Å²) in [7, 11) is 1.65. The van der Waals surface area contributed by atoms with Gasteiger partial charge in [0, 0.05) is 13.2 Å². The second-order valence-corrected chi connectivity index (χ2v) is 16.2. The molecule has 1 heterocycles. The Balaban J connectivity index is 1.08. The van der Waals surface area contributed by atoms with E-state index in [1.54, 1.807) is 12.0 Å². The average Bonchev–Trinajstić information content (AvgIpc) is 3.35. The minimum atomic E-state index is -0.940. The number of methoxy groups -OCH3 is 1. The zero-order valence-corrected chi connectivity index (χ0v) is 37.1. The summed E-state index contributed by atoms with van der Waals surface area (Å²) in [5.74, 6) is 0.760. The van der Waals surface area contributed by atoms with Gasteiger partial charge in [0.15, 0.2) is 6.29 Å². The first-order valence-electron chi connectivity index (χ1n) is 22.6. The Morgan fingerprint density at radius 2 is 1.05 bits per heavy atom. The molecule has 1 amide bonds. The van der Waals surface area contributed by atoms with Crippen LogP contribution in [0.4, 0.5) is 4.79 Å². The largest absolute Gasteiger partial charge is 0.497 e. The predicted molar refractivity (Wildman–Crippen MR) is 250 cm³/mol. The third-order valence-electron chi connectivity index (χ3n) is 11.6. The standard InChI is InChI=1S/C55H61NO9/c1-59-48-32-30-46(31-33-48)40-63-52-51(62-38-44-24-12-4-13-25-44)50(41-60-37-43-22-10-3-11-23-43)65-54(53(52)64-39-45-26-14-5-15-27-45)61-35-19-7-18-34-56(55(57)58)49(47-28-16-6-17-29-47)36-42-20-8-2-9-21-42/h2-6,8-17,20-33,49-54H,7,18-19,34-41H2,1H3,(H,57,58)/t49?,50-,51+,52+,53-,54-/m1/s1.